The average molecular weight is 312 g/mol. The number of anilines is 1. The molecule has 0 N–H and O–H groups in total. The Morgan fingerprint density at radius 3 is 1.96 bits per heavy atom. The number of hydrogen-bond donors (Lipinski definition) is 0. The molecule has 122 valence electrons. The van der Waals surface area contributed by atoms with Gasteiger partial charge >= 0.3 is 0 Å². The molecule has 2 saturated carbocycles. The Labute approximate surface area is 137 Å². The van der Waals surface area contributed by atoms with Crippen molar-refractivity contribution in [3.05, 3.63) is 24.3 Å². The number of nitrogens with zero attached hydrogens (tertiary/aromatic N) is 2. The van der Waals surface area contributed by atoms with Crippen LogP contribution in [-0.4, -0.2) is 30.4 Å². The van der Waals surface area contributed by atoms with E-state index in [4.69, 9.17) is 0 Å². The first kappa shape index (κ1) is 15.9. The number of rotatable bonds is 4. The van der Waals surface area contributed by atoms with E-state index >= 15 is 0 Å². The van der Waals surface area contributed by atoms with Crippen LogP contribution < -0.4 is 4.90 Å². The maximum Gasteiger partial charge on any atom is 0.188 e. The molecule has 1 aromatic rings. The molecule has 2 fully saturated rings. The van der Waals surface area contributed by atoms with E-state index in [-0.39, 0.29) is 29.1 Å². The fourth-order valence-electron chi connectivity index (χ4n) is 3.80. The number of ketones is 2. The van der Waals surface area contributed by atoms with E-state index in [1.165, 1.54) is 0 Å². The molecule has 0 saturated heterocycles. The highest BCUT2D eigenvalue weighted by molar-refractivity contribution is 6.70. The molecule has 0 bridgehead atoms. The van der Waals surface area contributed by atoms with E-state index in [9.17, 15) is 9.59 Å². The van der Waals surface area contributed by atoms with Gasteiger partial charge in [-0.05, 0) is 51.0 Å². The highest BCUT2D eigenvalue weighted by Crippen LogP contribution is 2.37. The zero-order valence-electron chi connectivity index (χ0n) is 13.9. The standard InChI is InChI=1S/C19H24N2O2/c1-3-21(4-2)14-11-9-13(10-12-14)20-17-18(22)15-7-5-6-8-16(15)19(17)23/h9-12,15-16H,3-8H2,1-2H3. The summed E-state index contributed by atoms with van der Waals surface area (Å²) in [6.07, 6.45) is 3.78. The molecular formula is C19H24N2O2. The smallest absolute Gasteiger partial charge is 0.188 e. The first-order chi connectivity index (χ1) is 11.2. The van der Waals surface area contributed by atoms with Crippen molar-refractivity contribution in [2.75, 3.05) is 18.0 Å². The summed E-state index contributed by atoms with van der Waals surface area (Å²) in [6.45, 7) is 6.14. The lowest BCUT2D eigenvalue weighted by Gasteiger charge is -2.20. The van der Waals surface area contributed by atoms with Gasteiger partial charge < -0.3 is 4.90 Å². The summed E-state index contributed by atoms with van der Waals surface area (Å²) in [6, 6.07) is 7.79. The number of Topliss-reactive ketones (excluding diaryl/α,β-unsaturated/α-hetero) is 2. The van der Waals surface area contributed by atoms with Crippen LogP contribution in [0.1, 0.15) is 39.5 Å². The van der Waals surface area contributed by atoms with Gasteiger partial charge in [-0.3, -0.25) is 9.59 Å². The van der Waals surface area contributed by atoms with E-state index in [1.807, 2.05) is 24.3 Å². The van der Waals surface area contributed by atoms with Gasteiger partial charge in [0.05, 0.1) is 5.69 Å². The van der Waals surface area contributed by atoms with Gasteiger partial charge in [0.1, 0.15) is 0 Å². The van der Waals surface area contributed by atoms with Crippen molar-refractivity contribution in [2.45, 2.75) is 39.5 Å². The predicted molar refractivity (Wildman–Crippen MR) is 92.6 cm³/mol. The third-order valence-corrected chi connectivity index (χ3v) is 5.13. The van der Waals surface area contributed by atoms with Crippen molar-refractivity contribution in [1.82, 2.24) is 0 Å². The second-order valence-corrected chi connectivity index (χ2v) is 6.38. The molecule has 2 aliphatic carbocycles. The normalized spacial score (nSPS) is 23.8. The summed E-state index contributed by atoms with van der Waals surface area (Å²) in [5, 5.41) is 0. The van der Waals surface area contributed by atoms with Crippen LogP contribution >= 0.6 is 0 Å². The quantitative estimate of drug-likeness (QED) is 0.854. The number of carbonyl (C=O) groups is 2. The maximum absolute atomic E-state index is 12.5. The highest BCUT2D eigenvalue weighted by Gasteiger charge is 2.47. The largest absolute Gasteiger partial charge is 0.372 e. The van der Waals surface area contributed by atoms with Gasteiger partial charge in [0, 0.05) is 30.6 Å². The first-order valence-corrected chi connectivity index (χ1v) is 8.67. The summed E-state index contributed by atoms with van der Waals surface area (Å²) in [4.78, 5) is 31.6. The number of aliphatic imine (C=N–C) groups is 1. The molecule has 2 aliphatic rings. The zero-order chi connectivity index (χ0) is 16.4. The van der Waals surface area contributed by atoms with Crippen LogP contribution in [0.15, 0.2) is 29.3 Å². The third kappa shape index (κ3) is 2.94. The molecule has 3 rings (SSSR count). The first-order valence-electron chi connectivity index (χ1n) is 8.67. The van der Waals surface area contributed by atoms with Crippen molar-refractivity contribution in [1.29, 1.82) is 0 Å². The van der Waals surface area contributed by atoms with Gasteiger partial charge in [-0.1, -0.05) is 12.8 Å². The van der Waals surface area contributed by atoms with Crippen LogP contribution in [0.2, 0.25) is 0 Å². The molecule has 4 heteroatoms. The Morgan fingerprint density at radius 1 is 0.957 bits per heavy atom. The minimum Gasteiger partial charge on any atom is -0.372 e. The van der Waals surface area contributed by atoms with Crippen LogP contribution in [-0.2, 0) is 9.59 Å². The molecule has 23 heavy (non-hydrogen) atoms. The number of benzene rings is 1. The lowest BCUT2D eigenvalue weighted by atomic mass is 9.81. The second kappa shape index (κ2) is 6.65. The van der Waals surface area contributed by atoms with E-state index in [0.29, 0.717) is 5.69 Å². The molecular weight excluding hydrogens is 288 g/mol. The van der Waals surface area contributed by atoms with Crippen LogP contribution in [0, 0.1) is 11.8 Å². The van der Waals surface area contributed by atoms with Crippen molar-refractivity contribution < 1.29 is 9.59 Å². The molecule has 0 heterocycles. The Hall–Kier alpha value is -1.97. The van der Waals surface area contributed by atoms with Gasteiger partial charge in [-0.25, -0.2) is 4.99 Å². The Morgan fingerprint density at radius 2 is 1.48 bits per heavy atom. The summed E-state index contributed by atoms with van der Waals surface area (Å²) in [5.74, 6) is -0.282. The maximum atomic E-state index is 12.5. The van der Waals surface area contributed by atoms with E-state index < -0.39 is 0 Å². The van der Waals surface area contributed by atoms with Crippen molar-refractivity contribution >= 4 is 28.7 Å². The summed E-state index contributed by atoms with van der Waals surface area (Å²) in [7, 11) is 0. The molecule has 0 aromatic heterocycles. The van der Waals surface area contributed by atoms with Crippen LogP contribution in [0.4, 0.5) is 11.4 Å². The molecule has 0 amide bonds. The highest BCUT2D eigenvalue weighted by atomic mass is 16.2. The number of fused-ring (bicyclic) bond motifs is 1. The van der Waals surface area contributed by atoms with E-state index in [2.05, 4.69) is 23.7 Å². The average Bonchev–Trinajstić information content (AvgIpc) is 2.83. The lowest BCUT2D eigenvalue weighted by Crippen LogP contribution is -2.21. The lowest BCUT2D eigenvalue weighted by molar-refractivity contribution is -0.120. The fraction of sp³-hybridized carbons (Fsp3) is 0.526. The SMILES string of the molecule is CCN(CC)c1ccc(N=C2C(=O)C3CCCCC3C2=O)cc1. The van der Waals surface area contributed by atoms with Crippen molar-refractivity contribution in [3.8, 4) is 0 Å². The van der Waals surface area contributed by atoms with E-state index in [1.54, 1.807) is 0 Å². The monoisotopic (exact) mass is 312 g/mol. The van der Waals surface area contributed by atoms with Crippen LogP contribution in [0.3, 0.4) is 0 Å². The Kier molecular flexibility index (Phi) is 4.60. The molecule has 1 aromatic carbocycles. The number of carbonyl (C=O) groups excluding carboxylic acids is 2. The minimum absolute atomic E-state index is 0.0347. The Balaban J connectivity index is 1.83. The molecule has 0 radical (unpaired) electrons. The van der Waals surface area contributed by atoms with Gasteiger partial charge in [0.25, 0.3) is 0 Å². The van der Waals surface area contributed by atoms with Crippen LogP contribution in [0.25, 0.3) is 0 Å². The summed E-state index contributed by atoms with van der Waals surface area (Å²) in [5.41, 5.74) is 2.01. The minimum atomic E-state index is -0.107. The molecule has 0 spiro atoms. The topological polar surface area (TPSA) is 49.7 Å². The fourth-order valence-corrected chi connectivity index (χ4v) is 3.80. The van der Waals surface area contributed by atoms with Crippen molar-refractivity contribution in [2.24, 2.45) is 16.8 Å². The second-order valence-electron chi connectivity index (χ2n) is 6.38. The molecule has 0 aliphatic heterocycles. The molecule has 2 unspecified atom stereocenters. The van der Waals surface area contributed by atoms with Gasteiger partial charge in [-0.2, -0.15) is 0 Å². The van der Waals surface area contributed by atoms with Gasteiger partial charge in [0.15, 0.2) is 17.3 Å². The predicted octanol–water partition coefficient (Wildman–Crippen LogP) is 3.56. The van der Waals surface area contributed by atoms with Gasteiger partial charge in [-0.15, -0.1) is 0 Å². The Bertz CT molecular complexity index is 603. The molecule has 4 nitrogen and oxygen atoms in total. The number of hydrogen-bond acceptors (Lipinski definition) is 4. The van der Waals surface area contributed by atoms with Gasteiger partial charge in [0.2, 0.25) is 0 Å². The van der Waals surface area contributed by atoms with E-state index in [0.717, 1.165) is 44.5 Å². The third-order valence-electron chi connectivity index (χ3n) is 5.13. The van der Waals surface area contributed by atoms with Crippen molar-refractivity contribution in [3.63, 3.8) is 0 Å². The zero-order valence-corrected chi connectivity index (χ0v) is 13.9. The molecule has 2 atom stereocenters. The summed E-state index contributed by atoms with van der Waals surface area (Å²) < 4.78 is 0. The van der Waals surface area contributed by atoms with Crippen LogP contribution in [0.5, 0.6) is 0 Å². The summed E-state index contributed by atoms with van der Waals surface area (Å²) >= 11 is 0.